The van der Waals surface area contributed by atoms with E-state index >= 15 is 0 Å². The Bertz CT molecular complexity index is 587. The van der Waals surface area contributed by atoms with Crippen molar-refractivity contribution in [3.05, 3.63) is 29.8 Å². The van der Waals surface area contributed by atoms with Crippen LogP contribution in [-0.4, -0.2) is 38.9 Å². The average molecular weight is 318 g/mol. The third-order valence-electron chi connectivity index (χ3n) is 3.80. The molecule has 21 heavy (non-hydrogen) atoms. The van der Waals surface area contributed by atoms with Gasteiger partial charge in [0.1, 0.15) is 0 Å². The van der Waals surface area contributed by atoms with Gasteiger partial charge in [0.15, 0.2) is 11.6 Å². The highest BCUT2D eigenvalue weighted by molar-refractivity contribution is 7.89. The van der Waals surface area contributed by atoms with E-state index in [2.05, 4.69) is 5.32 Å². The Labute approximate surface area is 124 Å². The predicted octanol–water partition coefficient (Wildman–Crippen LogP) is 2.12. The minimum atomic E-state index is -3.78. The Morgan fingerprint density at radius 3 is 2.67 bits per heavy atom. The van der Waals surface area contributed by atoms with E-state index in [1.165, 1.54) is 11.4 Å². The Hall–Kier alpha value is -1.05. The Morgan fingerprint density at radius 2 is 2.05 bits per heavy atom. The van der Waals surface area contributed by atoms with Gasteiger partial charge in [-0.15, -0.1) is 0 Å². The second-order valence-electron chi connectivity index (χ2n) is 5.34. The quantitative estimate of drug-likeness (QED) is 0.905. The van der Waals surface area contributed by atoms with Crippen LogP contribution in [0.1, 0.15) is 25.7 Å². The molecule has 0 amide bonds. The molecular weight excluding hydrogens is 298 g/mol. The van der Waals surface area contributed by atoms with Gasteiger partial charge in [0.05, 0.1) is 4.90 Å². The minimum absolute atomic E-state index is 0.222. The summed E-state index contributed by atoms with van der Waals surface area (Å²) < 4.78 is 51.8. The Balaban J connectivity index is 2.02. The zero-order valence-corrected chi connectivity index (χ0v) is 12.8. The minimum Gasteiger partial charge on any atom is -0.314 e. The van der Waals surface area contributed by atoms with Crippen LogP contribution in [0, 0.1) is 11.6 Å². The van der Waals surface area contributed by atoms with Gasteiger partial charge in [-0.25, -0.2) is 21.5 Å². The van der Waals surface area contributed by atoms with Crippen LogP contribution in [0.4, 0.5) is 8.78 Å². The highest BCUT2D eigenvalue weighted by Gasteiger charge is 2.23. The van der Waals surface area contributed by atoms with Gasteiger partial charge in [-0.3, -0.25) is 0 Å². The van der Waals surface area contributed by atoms with Crippen molar-refractivity contribution in [3.8, 4) is 0 Å². The number of rotatable bonds is 5. The van der Waals surface area contributed by atoms with Crippen LogP contribution in [0.5, 0.6) is 0 Å². The van der Waals surface area contributed by atoms with Crippen LogP contribution in [0.15, 0.2) is 23.1 Å². The SMILES string of the molecule is CN(CCC1CCCCN1)S(=O)(=O)c1ccc(F)c(F)c1. The third-order valence-corrected chi connectivity index (χ3v) is 5.66. The summed E-state index contributed by atoms with van der Waals surface area (Å²) in [5, 5.41) is 3.35. The summed E-state index contributed by atoms with van der Waals surface area (Å²) in [6, 6.07) is 2.96. The second kappa shape index (κ2) is 6.81. The third kappa shape index (κ3) is 3.99. The lowest BCUT2D eigenvalue weighted by Crippen LogP contribution is -2.38. The molecule has 0 aliphatic carbocycles. The molecule has 4 nitrogen and oxygen atoms in total. The molecule has 7 heteroatoms. The number of nitrogens with one attached hydrogen (secondary N) is 1. The molecule has 1 aliphatic rings. The standard InChI is InChI=1S/C14H20F2N2O2S/c1-18(9-7-11-4-2-3-8-17-11)21(19,20)12-5-6-13(15)14(16)10-12/h5-6,10-11,17H,2-4,7-9H2,1H3. The van der Waals surface area contributed by atoms with E-state index in [1.54, 1.807) is 0 Å². The van der Waals surface area contributed by atoms with Crippen LogP contribution in [0.2, 0.25) is 0 Å². The van der Waals surface area contributed by atoms with Gasteiger partial charge in [0, 0.05) is 19.6 Å². The van der Waals surface area contributed by atoms with E-state index in [4.69, 9.17) is 0 Å². The first-order valence-electron chi connectivity index (χ1n) is 7.06. The van der Waals surface area contributed by atoms with Gasteiger partial charge in [-0.05, 0) is 44.0 Å². The van der Waals surface area contributed by atoms with Crippen molar-refractivity contribution in [1.29, 1.82) is 0 Å². The van der Waals surface area contributed by atoms with Gasteiger partial charge < -0.3 is 5.32 Å². The molecule has 1 fully saturated rings. The van der Waals surface area contributed by atoms with Crippen molar-refractivity contribution in [3.63, 3.8) is 0 Å². The largest absolute Gasteiger partial charge is 0.314 e. The van der Waals surface area contributed by atoms with E-state index in [9.17, 15) is 17.2 Å². The van der Waals surface area contributed by atoms with Crippen LogP contribution in [-0.2, 0) is 10.0 Å². The van der Waals surface area contributed by atoms with Gasteiger partial charge in [-0.2, -0.15) is 0 Å². The normalized spacial score (nSPS) is 19.9. The van der Waals surface area contributed by atoms with Crippen LogP contribution >= 0.6 is 0 Å². The molecule has 1 heterocycles. The smallest absolute Gasteiger partial charge is 0.242 e. The van der Waals surface area contributed by atoms with Gasteiger partial charge in [0.2, 0.25) is 10.0 Å². The maximum absolute atomic E-state index is 13.2. The molecule has 1 aromatic carbocycles. The number of nitrogens with zero attached hydrogens (tertiary/aromatic N) is 1. The number of hydrogen-bond donors (Lipinski definition) is 1. The summed E-state index contributed by atoms with van der Waals surface area (Å²) in [7, 11) is -2.32. The molecule has 0 spiro atoms. The lowest BCUT2D eigenvalue weighted by molar-refractivity contribution is 0.351. The molecule has 1 aliphatic heterocycles. The fraction of sp³-hybridized carbons (Fsp3) is 0.571. The Kier molecular flexibility index (Phi) is 5.29. The zero-order chi connectivity index (χ0) is 15.5. The summed E-state index contributed by atoms with van der Waals surface area (Å²) in [6.45, 7) is 1.31. The lowest BCUT2D eigenvalue weighted by atomic mass is 10.0. The van der Waals surface area contributed by atoms with Gasteiger partial charge >= 0.3 is 0 Å². The van der Waals surface area contributed by atoms with Crippen LogP contribution < -0.4 is 5.32 Å². The second-order valence-corrected chi connectivity index (χ2v) is 7.38. The predicted molar refractivity (Wildman–Crippen MR) is 76.4 cm³/mol. The number of piperidine rings is 1. The monoisotopic (exact) mass is 318 g/mol. The van der Waals surface area contributed by atoms with Crippen molar-refractivity contribution in [1.82, 2.24) is 9.62 Å². The van der Waals surface area contributed by atoms with E-state index in [-0.39, 0.29) is 4.90 Å². The molecule has 0 bridgehead atoms. The maximum atomic E-state index is 13.2. The fourth-order valence-corrected chi connectivity index (χ4v) is 3.64. The molecule has 1 N–H and O–H groups in total. The highest BCUT2D eigenvalue weighted by Crippen LogP contribution is 2.18. The van der Waals surface area contributed by atoms with Crippen LogP contribution in [0.3, 0.4) is 0 Å². The molecule has 0 aromatic heterocycles. The van der Waals surface area contributed by atoms with Crippen LogP contribution in [0.25, 0.3) is 0 Å². The first kappa shape index (κ1) is 16.3. The zero-order valence-electron chi connectivity index (χ0n) is 12.0. The van der Waals surface area contributed by atoms with Crippen molar-refractivity contribution in [2.24, 2.45) is 0 Å². The molecule has 1 aromatic rings. The topological polar surface area (TPSA) is 49.4 Å². The first-order chi connectivity index (χ1) is 9.91. The summed E-state index contributed by atoms with van der Waals surface area (Å²) in [5.41, 5.74) is 0. The number of sulfonamides is 1. The van der Waals surface area contributed by atoms with Gasteiger partial charge in [0.25, 0.3) is 0 Å². The molecular formula is C14H20F2N2O2S. The summed E-state index contributed by atoms with van der Waals surface area (Å²) >= 11 is 0. The van der Waals surface area contributed by atoms with Crippen molar-refractivity contribution in [2.45, 2.75) is 36.6 Å². The van der Waals surface area contributed by atoms with E-state index in [0.29, 0.717) is 19.0 Å². The number of halogens is 2. The van der Waals surface area contributed by atoms with E-state index < -0.39 is 21.7 Å². The molecule has 0 radical (unpaired) electrons. The maximum Gasteiger partial charge on any atom is 0.242 e. The first-order valence-corrected chi connectivity index (χ1v) is 8.50. The number of hydrogen-bond acceptors (Lipinski definition) is 3. The van der Waals surface area contributed by atoms with Crippen molar-refractivity contribution < 1.29 is 17.2 Å². The molecule has 1 unspecified atom stereocenters. The molecule has 118 valence electrons. The average Bonchev–Trinajstić information content (AvgIpc) is 2.48. The Morgan fingerprint density at radius 1 is 1.29 bits per heavy atom. The van der Waals surface area contributed by atoms with E-state index in [1.807, 2.05) is 0 Å². The summed E-state index contributed by atoms with van der Waals surface area (Å²) in [6.07, 6.45) is 4.05. The summed E-state index contributed by atoms with van der Waals surface area (Å²) in [5.74, 6) is -2.21. The van der Waals surface area contributed by atoms with Crippen molar-refractivity contribution in [2.75, 3.05) is 20.1 Å². The fourth-order valence-electron chi connectivity index (χ4n) is 2.45. The molecule has 1 atom stereocenters. The lowest BCUT2D eigenvalue weighted by Gasteiger charge is -2.25. The van der Waals surface area contributed by atoms with E-state index in [0.717, 1.165) is 44.0 Å². The molecule has 2 rings (SSSR count). The number of benzene rings is 1. The summed E-state index contributed by atoms with van der Waals surface area (Å²) in [4.78, 5) is -0.222. The highest BCUT2D eigenvalue weighted by atomic mass is 32.2. The molecule has 0 saturated carbocycles. The molecule has 1 saturated heterocycles. The van der Waals surface area contributed by atoms with Gasteiger partial charge in [-0.1, -0.05) is 6.42 Å². The van der Waals surface area contributed by atoms with Crippen molar-refractivity contribution >= 4 is 10.0 Å².